The second-order valence-electron chi connectivity index (χ2n) is 6.46. The summed E-state index contributed by atoms with van der Waals surface area (Å²) in [6.45, 7) is 8.72. The average molecular weight is 386 g/mol. The second-order valence-corrected chi connectivity index (χ2v) is 6.46. The molecule has 0 bridgehead atoms. The number of methoxy groups -OCH3 is 2. The summed E-state index contributed by atoms with van der Waals surface area (Å²) in [6, 6.07) is 11.7. The minimum absolute atomic E-state index is 0.0290. The number of nitrogens with one attached hydrogen (secondary N) is 2. The standard InChI is InChI=1S/C22H31N3O3/c1-6-25(7-2)17-8-10-19(16(3)14-17)24-22(26)12-13-23-20-11-9-18(27-4)15-21(20)28-5/h8-11,14-15,23H,6-7,12-13H2,1-5H3,(H,24,26). The molecule has 2 N–H and O–H groups in total. The van der Waals surface area contributed by atoms with Crippen LogP contribution in [0.3, 0.4) is 0 Å². The van der Waals surface area contributed by atoms with Crippen molar-refractivity contribution in [2.24, 2.45) is 0 Å². The van der Waals surface area contributed by atoms with Gasteiger partial charge < -0.3 is 25.0 Å². The molecular formula is C22H31N3O3. The van der Waals surface area contributed by atoms with Crippen molar-refractivity contribution in [2.45, 2.75) is 27.2 Å². The minimum atomic E-state index is -0.0290. The zero-order valence-corrected chi connectivity index (χ0v) is 17.5. The van der Waals surface area contributed by atoms with E-state index in [1.54, 1.807) is 14.2 Å². The number of hydrogen-bond donors (Lipinski definition) is 2. The molecule has 0 spiro atoms. The fourth-order valence-corrected chi connectivity index (χ4v) is 3.04. The van der Waals surface area contributed by atoms with Crippen molar-refractivity contribution in [3.05, 3.63) is 42.0 Å². The first-order valence-electron chi connectivity index (χ1n) is 9.63. The highest BCUT2D eigenvalue weighted by Gasteiger charge is 2.09. The summed E-state index contributed by atoms with van der Waals surface area (Å²) < 4.78 is 10.6. The first-order chi connectivity index (χ1) is 13.5. The molecule has 0 aliphatic heterocycles. The van der Waals surface area contributed by atoms with Crippen LogP contribution in [0, 0.1) is 6.92 Å². The Morgan fingerprint density at radius 3 is 2.32 bits per heavy atom. The largest absolute Gasteiger partial charge is 0.497 e. The van der Waals surface area contributed by atoms with Crippen LogP contribution in [0.5, 0.6) is 11.5 Å². The van der Waals surface area contributed by atoms with E-state index in [2.05, 4.69) is 41.5 Å². The van der Waals surface area contributed by atoms with Crippen molar-refractivity contribution < 1.29 is 14.3 Å². The molecular weight excluding hydrogens is 354 g/mol. The van der Waals surface area contributed by atoms with Gasteiger partial charge in [-0.3, -0.25) is 4.79 Å². The second kappa shape index (κ2) is 10.4. The van der Waals surface area contributed by atoms with Crippen molar-refractivity contribution >= 4 is 23.0 Å². The molecule has 0 atom stereocenters. The van der Waals surface area contributed by atoms with Crippen molar-refractivity contribution in [3.8, 4) is 11.5 Å². The zero-order chi connectivity index (χ0) is 20.5. The van der Waals surface area contributed by atoms with Crippen LogP contribution in [0.4, 0.5) is 17.1 Å². The fourth-order valence-electron chi connectivity index (χ4n) is 3.04. The van der Waals surface area contributed by atoms with Gasteiger partial charge in [0.1, 0.15) is 11.5 Å². The zero-order valence-electron chi connectivity index (χ0n) is 17.5. The predicted molar refractivity (Wildman–Crippen MR) is 116 cm³/mol. The van der Waals surface area contributed by atoms with Crippen LogP contribution in [0.25, 0.3) is 0 Å². The molecule has 0 heterocycles. The number of ether oxygens (including phenoxy) is 2. The molecule has 0 aromatic heterocycles. The Morgan fingerprint density at radius 1 is 1.00 bits per heavy atom. The molecule has 2 rings (SSSR count). The molecule has 0 unspecified atom stereocenters. The normalized spacial score (nSPS) is 10.3. The molecule has 0 aliphatic carbocycles. The van der Waals surface area contributed by atoms with Gasteiger partial charge in [-0.15, -0.1) is 0 Å². The van der Waals surface area contributed by atoms with Gasteiger partial charge >= 0.3 is 0 Å². The highest BCUT2D eigenvalue weighted by molar-refractivity contribution is 5.92. The van der Waals surface area contributed by atoms with Crippen molar-refractivity contribution in [3.63, 3.8) is 0 Å². The minimum Gasteiger partial charge on any atom is -0.497 e. The summed E-state index contributed by atoms with van der Waals surface area (Å²) >= 11 is 0. The number of carbonyl (C=O) groups is 1. The van der Waals surface area contributed by atoms with Crippen LogP contribution in [0.1, 0.15) is 25.8 Å². The first kappa shape index (κ1) is 21.4. The van der Waals surface area contributed by atoms with Crippen molar-refractivity contribution in [1.29, 1.82) is 0 Å². The van der Waals surface area contributed by atoms with Crippen LogP contribution >= 0.6 is 0 Å². The summed E-state index contributed by atoms with van der Waals surface area (Å²) in [6.07, 6.45) is 0.354. The van der Waals surface area contributed by atoms with E-state index in [0.29, 0.717) is 18.7 Å². The van der Waals surface area contributed by atoms with Crippen molar-refractivity contribution in [2.75, 3.05) is 49.4 Å². The van der Waals surface area contributed by atoms with E-state index in [4.69, 9.17) is 9.47 Å². The smallest absolute Gasteiger partial charge is 0.226 e. The third-order valence-corrected chi connectivity index (χ3v) is 4.69. The third kappa shape index (κ3) is 5.55. The lowest BCUT2D eigenvalue weighted by Gasteiger charge is -2.22. The molecule has 152 valence electrons. The van der Waals surface area contributed by atoms with Crippen molar-refractivity contribution in [1.82, 2.24) is 0 Å². The first-order valence-corrected chi connectivity index (χ1v) is 9.63. The van der Waals surface area contributed by atoms with Gasteiger partial charge in [-0.2, -0.15) is 0 Å². The number of aryl methyl sites for hydroxylation is 1. The lowest BCUT2D eigenvalue weighted by molar-refractivity contribution is -0.115. The third-order valence-electron chi connectivity index (χ3n) is 4.69. The van der Waals surface area contributed by atoms with Crippen LogP contribution in [0.2, 0.25) is 0 Å². The van der Waals surface area contributed by atoms with Gasteiger partial charge in [0, 0.05) is 43.5 Å². The SMILES string of the molecule is CCN(CC)c1ccc(NC(=O)CCNc2ccc(OC)cc2OC)c(C)c1. The number of rotatable bonds is 10. The lowest BCUT2D eigenvalue weighted by atomic mass is 10.1. The molecule has 0 radical (unpaired) electrons. The van der Waals surface area contributed by atoms with Crippen LogP contribution < -0.4 is 25.0 Å². The van der Waals surface area contributed by atoms with E-state index in [-0.39, 0.29) is 5.91 Å². The summed E-state index contributed by atoms with van der Waals surface area (Å²) in [5.74, 6) is 1.38. The van der Waals surface area contributed by atoms with E-state index in [9.17, 15) is 4.79 Å². The summed E-state index contributed by atoms with van der Waals surface area (Å²) in [5.41, 5.74) is 3.91. The number of benzene rings is 2. The topological polar surface area (TPSA) is 62.8 Å². The Labute approximate surface area is 167 Å². The Morgan fingerprint density at radius 2 is 1.71 bits per heavy atom. The molecule has 6 heteroatoms. The molecule has 6 nitrogen and oxygen atoms in total. The molecule has 0 aliphatic rings. The van der Waals surface area contributed by atoms with Gasteiger partial charge in [-0.1, -0.05) is 0 Å². The van der Waals surface area contributed by atoms with E-state index < -0.39 is 0 Å². The van der Waals surface area contributed by atoms with Crippen LogP contribution in [-0.4, -0.2) is 39.8 Å². The number of anilines is 3. The maximum absolute atomic E-state index is 12.3. The van der Waals surface area contributed by atoms with Gasteiger partial charge in [-0.05, 0) is 56.7 Å². The highest BCUT2D eigenvalue weighted by atomic mass is 16.5. The maximum atomic E-state index is 12.3. The molecule has 1 amide bonds. The van der Waals surface area contributed by atoms with Gasteiger partial charge in [-0.25, -0.2) is 0 Å². The monoisotopic (exact) mass is 385 g/mol. The lowest BCUT2D eigenvalue weighted by Crippen LogP contribution is -2.22. The summed E-state index contributed by atoms with van der Waals surface area (Å²) in [4.78, 5) is 14.6. The average Bonchev–Trinajstić information content (AvgIpc) is 2.71. The highest BCUT2D eigenvalue weighted by Crippen LogP contribution is 2.29. The fraction of sp³-hybridized carbons (Fsp3) is 0.409. The van der Waals surface area contributed by atoms with E-state index in [1.165, 1.54) is 5.69 Å². The van der Waals surface area contributed by atoms with Gasteiger partial charge in [0.15, 0.2) is 0 Å². The number of nitrogens with zero attached hydrogens (tertiary/aromatic N) is 1. The number of hydrogen-bond acceptors (Lipinski definition) is 5. The summed E-state index contributed by atoms with van der Waals surface area (Å²) in [5, 5.41) is 6.23. The molecule has 2 aromatic carbocycles. The Hall–Kier alpha value is -2.89. The van der Waals surface area contributed by atoms with E-state index in [0.717, 1.165) is 35.8 Å². The van der Waals surface area contributed by atoms with Gasteiger partial charge in [0.05, 0.1) is 19.9 Å². The Bertz CT molecular complexity index is 789. The summed E-state index contributed by atoms with van der Waals surface area (Å²) in [7, 11) is 3.22. The number of amides is 1. The van der Waals surface area contributed by atoms with Crippen LogP contribution in [-0.2, 0) is 4.79 Å². The Kier molecular flexibility index (Phi) is 7.99. The van der Waals surface area contributed by atoms with E-state index >= 15 is 0 Å². The van der Waals surface area contributed by atoms with Gasteiger partial charge in [0.2, 0.25) is 5.91 Å². The number of carbonyl (C=O) groups excluding carboxylic acids is 1. The quantitative estimate of drug-likeness (QED) is 0.638. The van der Waals surface area contributed by atoms with Crippen LogP contribution in [0.15, 0.2) is 36.4 Å². The molecule has 0 fully saturated rings. The van der Waals surface area contributed by atoms with Gasteiger partial charge in [0.25, 0.3) is 0 Å². The molecule has 0 saturated carbocycles. The molecule has 2 aromatic rings. The molecule has 28 heavy (non-hydrogen) atoms. The maximum Gasteiger partial charge on any atom is 0.226 e. The molecule has 0 saturated heterocycles. The predicted octanol–water partition coefficient (Wildman–Crippen LogP) is 4.30. The van der Waals surface area contributed by atoms with E-state index in [1.807, 2.05) is 31.2 Å². The Balaban J connectivity index is 1.91.